The zero-order valence-corrected chi connectivity index (χ0v) is 21.5. The lowest BCUT2D eigenvalue weighted by Gasteiger charge is -2.17. The highest BCUT2D eigenvalue weighted by Crippen LogP contribution is 2.41. The van der Waals surface area contributed by atoms with Crippen LogP contribution in [0.25, 0.3) is 54.4 Å². The first-order chi connectivity index (χ1) is 17.7. The van der Waals surface area contributed by atoms with Gasteiger partial charge in [-0.1, -0.05) is 44.2 Å². The number of fused-ring (bicyclic) bond motifs is 5. The molecule has 0 fully saturated rings. The Balaban J connectivity index is 1.63. The number of nitrogens with zero attached hydrogens (tertiary/aromatic N) is 1. The Hall–Kier alpha value is -3.43. The topological polar surface area (TPSA) is 26.0 Å². The molecule has 0 spiro atoms. The van der Waals surface area contributed by atoms with E-state index in [1.54, 1.807) is 11.3 Å². The second-order valence-corrected chi connectivity index (χ2v) is 11.0. The molecule has 3 aromatic carbocycles. The molecule has 0 bridgehead atoms. The standard InChI is InChI=1S/C32H29NOS/c1-18(2)14-22-16-28(33-17-27(22)30-19(3)8-6-9-20(30)4)25-11-7-10-23-24-12-13-29-26(15-21(5)35-29)32(24)34-31(23)25/h6-13,15-18H,14H2,1-5H3/i14D2. The van der Waals surface area contributed by atoms with Crippen molar-refractivity contribution < 1.29 is 7.16 Å². The smallest absolute Gasteiger partial charge is 0.144 e. The van der Waals surface area contributed by atoms with Gasteiger partial charge in [0.15, 0.2) is 0 Å². The number of aryl methyl sites for hydroxylation is 3. The molecule has 6 rings (SSSR count). The normalized spacial score (nSPS) is 13.2. The van der Waals surface area contributed by atoms with Gasteiger partial charge >= 0.3 is 0 Å². The van der Waals surface area contributed by atoms with Gasteiger partial charge in [0.05, 0.1) is 5.69 Å². The number of benzene rings is 3. The van der Waals surface area contributed by atoms with Crippen LogP contribution in [0.4, 0.5) is 0 Å². The summed E-state index contributed by atoms with van der Waals surface area (Å²) < 4.78 is 25.9. The largest absolute Gasteiger partial charge is 0.455 e. The minimum Gasteiger partial charge on any atom is -0.455 e. The van der Waals surface area contributed by atoms with Gasteiger partial charge in [-0.25, -0.2) is 0 Å². The first kappa shape index (κ1) is 19.8. The van der Waals surface area contributed by atoms with E-state index in [0.717, 1.165) is 60.8 Å². The van der Waals surface area contributed by atoms with Crippen molar-refractivity contribution in [2.75, 3.05) is 0 Å². The van der Waals surface area contributed by atoms with Gasteiger partial charge in [0.25, 0.3) is 0 Å². The maximum absolute atomic E-state index is 9.07. The highest BCUT2D eigenvalue weighted by atomic mass is 32.1. The predicted octanol–water partition coefficient (Wildman–Crippen LogP) is 9.65. The maximum Gasteiger partial charge on any atom is 0.144 e. The van der Waals surface area contributed by atoms with Gasteiger partial charge in [0.2, 0.25) is 0 Å². The molecule has 0 aliphatic rings. The van der Waals surface area contributed by atoms with Crippen molar-refractivity contribution in [3.8, 4) is 22.4 Å². The van der Waals surface area contributed by atoms with Crippen LogP contribution in [0.5, 0.6) is 0 Å². The van der Waals surface area contributed by atoms with Crippen LogP contribution in [-0.4, -0.2) is 4.98 Å². The summed E-state index contributed by atoms with van der Waals surface area (Å²) in [5, 5.41) is 3.27. The Labute approximate surface area is 213 Å². The van der Waals surface area contributed by atoms with E-state index >= 15 is 0 Å². The number of furan rings is 1. The molecule has 0 radical (unpaired) electrons. The predicted molar refractivity (Wildman–Crippen MR) is 151 cm³/mol. The molecule has 0 N–H and O–H groups in total. The van der Waals surface area contributed by atoms with E-state index < -0.39 is 6.37 Å². The Bertz CT molecular complexity index is 1810. The van der Waals surface area contributed by atoms with Crippen LogP contribution < -0.4 is 0 Å². The Kier molecular flexibility index (Phi) is 4.73. The van der Waals surface area contributed by atoms with Gasteiger partial charge in [-0.15, -0.1) is 11.3 Å². The van der Waals surface area contributed by atoms with Gasteiger partial charge in [-0.2, -0.15) is 0 Å². The average Bonchev–Trinajstić information content (AvgIpc) is 3.43. The summed E-state index contributed by atoms with van der Waals surface area (Å²) in [4.78, 5) is 6.16. The van der Waals surface area contributed by atoms with Crippen LogP contribution in [0.15, 0.2) is 71.3 Å². The SMILES string of the molecule is [2H]C([2H])(c1cc(-c2cccc3c2oc2c4cc(C)sc4ccc32)ncc1-c1c(C)cccc1C)C(C)C. The van der Waals surface area contributed by atoms with Crippen molar-refractivity contribution in [3.05, 3.63) is 88.4 Å². The van der Waals surface area contributed by atoms with E-state index in [-0.39, 0.29) is 5.92 Å². The van der Waals surface area contributed by atoms with E-state index in [1.807, 2.05) is 44.3 Å². The van der Waals surface area contributed by atoms with E-state index in [0.29, 0.717) is 5.56 Å². The summed E-state index contributed by atoms with van der Waals surface area (Å²) in [7, 11) is 0. The third-order valence-corrected chi connectivity index (χ3v) is 7.67. The molecule has 0 aliphatic carbocycles. The zero-order valence-electron chi connectivity index (χ0n) is 22.7. The van der Waals surface area contributed by atoms with Crippen molar-refractivity contribution in [1.29, 1.82) is 0 Å². The van der Waals surface area contributed by atoms with E-state index in [9.17, 15) is 0 Å². The summed E-state index contributed by atoms with van der Waals surface area (Å²) in [6, 6.07) is 20.8. The van der Waals surface area contributed by atoms with Crippen molar-refractivity contribution >= 4 is 43.4 Å². The molecule has 3 heteroatoms. The number of hydrogen-bond acceptors (Lipinski definition) is 3. The molecule has 0 saturated carbocycles. The van der Waals surface area contributed by atoms with E-state index in [1.165, 1.54) is 9.58 Å². The first-order valence-electron chi connectivity index (χ1n) is 13.1. The van der Waals surface area contributed by atoms with Gasteiger partial charge in [-0.3, -0.25) is 4.98 Å². The quantitative estimate of drug-likeness (QED) is 0.252. The second-order valence-electron chi connectivity index (χ2n) is 9.68. The third-order valence-electron chi connectivity index (χ3n) is 6.66. The van der Waals surface area contributed by atoms with Crippen LogP contribution in [0, 0.1) is 26.7 Å². The number of aromatic nitrogens is 1. The lowest BCUT2D eigenvalue weighted by molar-refractivity contribution is 0.647. The highest BCUT2D eigenvalue weighted by Gasteiger charge is 2.18. The molecule has 0 saturated heterocycles. The van der Waals surface area contributed by atoms with Crippen LogP contribution in [-0.2, 0) is 6.37 Å². The molecular weight excluding hydrogens is 446 g/mol. The molecule has 3 heterocycles. The lowest BCUT2D eigenvalue weighted by atomic mass is 9.89. The summed E-state index contributed by atoms with van der Waals surface area (Å²) in [5.74, 6) is -0.206. The van der Waals surface area contributed by atoms with Crippen molar-refractivity contribution in [2.45, 2.75) is 41.0 Å². The Morgan fingerprint density at radius 3 is 2.37 bits per heavy atom. The number of rotatable bonds is 4. The van der Waals surface area contributed by atoms with Crippen LogP contribution in [0.1, 0.15) is 38.2 Å². The molecule has 0 amide bonds. The highest BCUT2D eigenvalue weighted by molar-refractivity contribution is 7.19. The van der Waals surface area contributed by atoms with Crippen molar-refractivity contribution in [1.82, 2.24) is 4.98 Å². The molecule has 2 nitrogen and oxygen atoms in total. The zero-order chi connectivity index (χ0) is 26.1. The van der Waals surface area contributed by atoms with Crippen LogP contribution >= 0.6 is 11.3 Å². The maximum atomic E-state index is 9.07. The number of hydrogen-bond donors (Lipinski definition) is 0. The molecule has 3 aromatic heterocycles. The fourth-order valence-electron chi connectivity index (χ4n) is 5.17. The van der Waals surface area contributed by atoms with Gasteiger partial charge in [0.1, 0.15) is 11.2 Å². The molecule has 174 valence electrons. The van der Waals surface area contributed by atoms with Crippen LogP contribution in [0.2, 0.25) is 0 Å². The van der Waals surface area contributed by atoms with Gasteiger partial charge in [0, 0.05) is 45.8 Å². The third kappa shape index (κ3) is 3.66. The molecule has 0 unspecified atom stereocenters. The first-order valence-corrected chi connectivity index (χ1v) is 12.9. The number of pyridine rings is 1. The van der Waals surface area contributed by atoms with E-state index in [4.69, 9.17) is 12.1 Å². The van der Waals surface area contributed by atoms with Crippen molar-refractivity contribution in [2.24, 2.45) is 5.92 Å². The number of thiophene rings is 1. The van der Waals surface area contributed by atoms with Gasteiger partial charge < -0.3 is 4.42 Å². The average molecular weight is 478 g/mol. The van der Waals surface area contributed by atoms with E-state index in [2.05, 4.69) is 57.2 Å². The second kappa shape index (κ2) is 8.35. The summed E-state index contributed by atoms with van der Waals surface area (Å²) in [5.41, 5.74) is 8.08. The fourth-order valence-corrected chi connectivity index (χ4v) is 6.09. The minimum atomic E-state index is -1.54. The lowest BCUT2D eigenvalue weighted by Crippen LogP contribution is -2.01. The molecule has 6 aromatic rings. The Morgan fingerprint density at radius 1 is 0.857 bits per heavy atom. The number of para-hydroxylation sites is 1. The van der Waals surface area contributed by atoms with Gasteiger partial charge in [-0.05, 0) is 85.6 Å². The van der Waals surface area contributed by atoms with Crippen molar-refractivity contribution in [3.63, 3.8) is 0 Å². The summed E-state index contributed by atoms with van der Waals surface area (Å²) >= 11 is 1.77. The Morgan fingerprint density at radius 2 is 1.60 bits per heavy atom. The molecule has 0 aliphatic heterocycles. The van der Waals surface area contributed by atoms with Crippen LogP contribution in [0.3, 0.4) is 0 Å². The minimum absolute atomic E-state index is 0.206. The molecule has 35 heavy (non-hydrogen) atoms. The monoisotopic (exact) mass is 477 g/mol. The molecular formula is C32H29NOS. The summed E-state index contributed by atoms with van der Waals surface area (Å²) in [6.45, 7) is 10.1. The summed E-state index contributed by atoms with van der Waals surface area (Å²) in [6.07, 6.45) is 0.312. The molecule has 0 atom stereocenters. The fraction of sp³-hybridized carbons (Fsp3) is 0.219.